The zero-order chi connectivity index (χ0) is 12.5. The molecular formula is C12H25N3O2. The van der Waals surface area contributed by atoms with Crippen molar-refractivity contribution in [1.29, 1.82) is 0 Å². The van der Waals surface area contributed by atoms with Crippen molar-refractivity contribution in [3.05, 3.63) is 0 Å². The molecule has 1 aliphatic rings. The van der Waals surface area contributed by atoms with Crippen molar-refractivity contribution in [2.45, 2.75) is 25.8 Å². The van der Waals surface area contributed by atoms with Gasteiger partial charge in [-0.25, -0.2) is 0 Å². The maximum Gasteiger partial charge on any atom is 0.219 e. The molecule has 0 aromatic carbocycles. The van der Waals surface area contributed by atoms with Crippen LogP contribution in [-0.2, 0) is 9.53 Å². The van der Waals surface area contributed by atoms with E-state index in [0.717, 1.165) is 45.8 Å². The highest BCUT2D eigenvalue weighted by atomic mass is 16.5. The number of carbonyl (C=O) groups excluding carboxylic acids is 1. The van der Waals surface area contributed by atoms with Crippen LogP contribution in [0.2, 0.25) is 0 Å². The van der Waals surface area contributed by atoms with Crippen LogP contribution < -0.4 is 10.6 Å². The van der Waals surface area contributed by atoms with E-state index in [2.05, 4.69) is 22.5 Å². The van der Waals surface area contributed by atoms with Crippen molar-refractivity contribution < 1.29 is 9.53 Å². The maximum atomic E-state index is 11.0. The number of ether oxygens (including phenoxy) is 1. The van der Waals surface area contributed by atoms with Crippen LogP contribution in [0.1, 0.15) is 19.8 Å². The quantitative estimate of drug-likeness (QED) is 0.609. The molecule has 1 unspecified atom stereocenters. The molecule has 0 saturated carbocycles. The minimum Gasteiger partial charge on any atom is -0.379 e. The van der Waals surface area contributed by atoms with Gasteiger partial charge in [0.05, 0.1) is 13.2 Å². The van der Waals surface area contributed by atoms with Crippen molar-refractivity contribution in [2.75, 3.05) is 46.4 Å². The van der Waals surface area contributed by atoms with E-state index in [1.807, 2.05) is 0 Å². The van der Waals surface area contributed by atoms with Gasteiger partial charge in [0.2, 0.25) is 5.91 Å². The number of morpholine rings is 1. The molecule has 5 heteroatoms. The predicted octanol–water partition coefficient (Wildman–Crippen LogP) is -0.177. The Morgan fingerprint density at radius 2 is 2.12 bits per heavy atom. The van der Waals surface area contributed by atoms with Crippen molar-refractivity contribution >= 4 is 5.91 Å². The molecule has 1 aliphatic heterocycles. The number of hydrogen-bond acceptors (Lipinski definition) is 4. The van der Waals surface area contributed by atoms with Crippen LogP contribution in [0.5, 0.6) is 0 Å². The summed E-state index contributed by atoms with van der Waals surface area (Å²) in [6.45, 7) is 7.92. The van der Waals surface area contributed by atoms with Crippen molar-refractivity contribution in [2.24, 2.45) is 0 Å². The smallest absolute Gasteiger partial charge is 0.219 e. The molecular weight excluding hydrogens is 218 g/mol. The van der Waals surface area contributed by atoms with Gasteiger partial charge in [-0.1, -0.05) is 0 Å². The van der Waals surface area contributed by atoms with E-state index in [1.165, 1.54) is 0 Å². The molecule has 2 N–H and O–H groups in total. The Labute approximate surface area is 104 Å². The first-order valence-corrected chi connectivity index (χ1v) is 6.46. The lowest BCUT2D eigenvalue weighted by Crippen LogP contribution is -2.44. The highest BCUT2D eigenvalue weighted by molar-refractivity contribution is 5.75. The van der Waals surface area contributed by atoms with Crippen LogP contribution in [0.3, 0.4) is 0 Å². The fraction of sp³-hybridized carbons (Fsp3) is 0.917. The predicted molar refractivity (Wildman–Crippen MR) is 68.0 cm³/mol. The first-order valence-electron chi connectivity index (χ1n) is 6.46. The molecule has 5 nitrogen and oxygen atoms in total. The lowest BCUT2D eigenvalue weighted by atomic mass is 10.2. The SMILES string of the molecule is CNC(=O)CCCNC(C)CN1CCOCC1. The molecule has 1 amide bonds. The first kappa shape index (κ1) is 14.4. The summed E-state index contributed by atoms with van der Waals surface area (Å²) in [5, 5.41) is 6.08. The second kappa shape index (κ2) is 8.44. The standard InChI is InChI=1S/C12H25N3O2/c1-11(10-15-6-8-17-9-7-15)14-5-3-4-12(16)13-2/h11,14H,3-10H2,1-2H3,(H,13,16). The van der Waals surface area contributed by atoms with Crippen LogP contribution in [0, 0.1) is 0 Å². The average molecular weight is 243 g/mol. The van der Waals surface area contributed by atoms with Gasteiger partial charge in [0.25, 0.3) is 0 Å². The van der Waals surface area contributed by atoms with Crippen LogP contribution in [0.15, 0.2) is 0 Å². The van der Waals surface area contributed by atoms with Gasteiger partial charge in [0.15, 0.2) is 0 Å². The van der Waals surface area contributed by atoms with Crippen molar-refractivity contribution in [3.8, 4) is 0 Å². The number of rotatable bonds is 7. The Morgan fingerprint density at radius 3 is 2.76 bits per heavy atom. The van der Waals surface area contributed by atoms with E-state index in [4.69, 9.17) is 4.74 Å². The molecule has 1 saturated heterocycles. The van der Waals surface area contributed by atoms with Gasteiger partial charge in [-0.2, -0.15) is 0 Å². The Hall–Kier alpha value is -0.650. The van der Waals surface area contributed by atoms with E-state index in [-0.39, 0.29) is 5.91 Å². The fourth-order valence-corrected chi connectivity index (χ4v) is 1.96. The minimum atomic E-state index is 0.118. The summed E-state index contributed by atoms with van der Waals surface area (Å²) in [5.41, 5.74) is 0. The molecule has 1 fully saturated rings. The van der Waals surface area contributed by atoms with Gasteiger partial charge in [-0.15, -0.1) is 0 Å². The van der Waals surface area contributed by atoms with Gasteiger partial charge in [0.1, 0.15) is 0 Å². The van der Waals surface area contributed by atoms with Crippen LogP contribution in [0.25, 0.3) is 0 Å². The molecule has 1 atom stereocenters. The van der Waals surface area contributed by atoms with Crippen LogP contribution in [-0.4, -0.2) is 63.3 Å². The van der Waals surface area contributed by atoms with Gasteiger partial charge < -0.3 is 15.4 Å². The second-order valence-corrected chi connectivity index (χ2v) is 4.54. The topological polar surface area (TPSA) is 53.6 Å². The normalized spacial score (nSPS) is 18.9. The van der Waals surface area contributed by atoms with Gasteiger partial charge in [0, 0.05) is 39.1 Å². The average Bonchev–Trinajstić information content (AvgIpc) is 2.35. The Bertz CT molecular complexity index is 218. The molecule has 0 radical (unpaired) electrons. The van der Waals surface area contributed by atoms with E-state index < -0.39 is 0 Å². The Kier molecular flexibility index (Phi) is 7.16. The van der Waals surface area contributed by atoms with E-state index in [1.54, 1.807) is 7.05 Å². The zero-order valence-corrected chi connectivity index (χ0v) is 11.0. The molecule has 0 spiro atoms. The van der Waals surface area contributed by atoms with Crippen LogP contribution in [0.4, 0.5) is 0 Å². The fourth-order valence-electron chi connectivity index (χ4n) is 1.96. The molecule has 1 heterocycles. The Morgan fingerprint density at radius 1 is 1.41 bits per heavy atom. The molecule has 0 aromatic rings. The van der Waals surface area contributed by atoms with Gasteiger partial charge in [-0.3, -0.25) is 9.69 Å². The lowest BCUT2D eigenvalue weighted by Gasteiger charge is -2.29. The van der Waals surface area contributed by atoms with Crippen molar-refractivity contribution in [3.63, 3.8) is 0 Å². The summed E-state index contributed by atoms with van der Waals surface area (Å²) >= 11 is 0. The number of hydrogen-bond donors (Lipinski definition) is 2. The van der Waals surface area contributed by atoms with Gasteiger partial charge in [-0.05, 0) is 19.9 Å². The number of nitrogens with zero attached hydrogens (tertiary/aromatic N) is 1. The molecule has 0 bridgehead atoms. The molecule has 0 aromatic heterocycles. The summed E-state index contributed by atoms with van der Waals surface area (Å²) in [6, 6.07) is 0.470. The highest BCUT2D eigenvalue weighted by Gasteiger charge is 2.12. The zero-order valence-electron chi connectivity index (χ0n) is 11.0. The monoisotopic (exact) mass is 243 g/mol. The van der Waals surface area contributed by atoms with E-state index in [9.17, 15) is 4.79 Å². The molecule has 0 aliphatic carbocycles. The summed E-state index contributed by atoms with van der Waals surface area (Å²) < 4.78 is 5.31. The van der Waals surface area contributed by atoms with Gasteiger partial charge >= 0.3 is 0 Å². The highest BCUT2D eigenvalue weighted by Crippen LogP contribution is 1.98. The van der Waals surface area contributed by atoms with Crippen molar-refractivity contribution in [1.82, 2.24) is 15.5 Å². The minimum absolute atomic E-state index is 0.118. The maximum absolute atomic E-state index is 11.0. The summed E-state index contributed by atoms with van der Waals surface area (Å²) in [4.78, 5) is 13.4. The number of amides is 1. The first-order chi connectivity index (χ1) is 8.22. The summed E-state index contributed by atoms with van der Waals surface area (Å²) in [7, 11) is 1.68. The van der Waals surface area contributed by atoms with E-state index >= 15 is 0 Å². The second-order valence-electron chi connectivity index (χ2n) is 4.54. The number of nitrogens with one attached hydrogen (secondary N) is 2. The molecule has 17 heavy (non-hydrogen) atoms. The largest absolute Gasteiger partial charge is 0.379 e. The molecule has 1 rings (SSSR count). The van der Waals surface area contributed by atoms with Crippen LogP contribution >= 0.6 is 0 Å². The third-order valence-electron chi connectivity index (χ3n) is 2.99. The number of carbonyl (C=O) groups is 1. The third-order valence-corrected chi connectivity index (χ3v) is 2.99. The van der Waals surface area contributed by atoms with E-state index in [0.29, 0.717) is 12.5 Å². The lowest BCUT2D eigenvalue weighted by molar-refractivity contribution is -0.120. The Balaban J connectivity index is 2.00. The summed E-state index contributed by atoms with van der Waals surface area (Å²) in [6.07, 6.45) is 1.50. The summed E-state index contributed by atoms with van der Waals surface area (Å²) in [5.74, 6) is 0.118. The molecule has 100 valence electrons. The third kappa shape index (κ3) is 6.61.